The average Bonchev–Trinajstić information content (AvgIpc) is 3.51. The number of methoxy groups -OCH3 is 1. The molecule has 186 valence electrons. The van der Waals surface area contributed by atoms with Gasteiger partial charge in [0.1, 0.15) is 34.8 Å². The third-order valence-corrected chi connectivity index (χ3v) is 6.32. The zero-order valence-corrected chi connectivity index (χ0v) is 20.9. The summed E-state index contributed by atoms with van der Waals surface area (Å²) in [6.45, 7) is 0. The molecule has 0 saturated carbocycles. The van der Waals surface area contributed by atoms with Crippen LogP contribution in [0.4, 0.5) is 5.69 Å². The number of carbonyl (C=O) groups is 2. The number of halogens is 2. The molecule has 2 heterocycles. The smallest absolute Gasteiger partial charge is 0.300 e. The number of anilines is 1. The Morgan fingerprint density at radius 1 is 0.946 bits per heavy atom. The molecule has 37 heavy (non-hydrogen) atoms. The predicted octanol–water partition coefficient (Wildman–Crippen LogP) is 7.01. The van der Waals surface area contributed by atoms with E-state index in [1.807, 2.05) is 30.3 Å². The lowest BCUT2D eigenvalue weighted by molar-refractivity contribution is -0.132. The monoisotopic (exact) mass is 535 g/mol. The second kappa shape index (κ2) is 10.0. The first kappa shape index (κ1) is 24.5. The van der Waals surface area contributed by atoms with Crippen LogP contribution in [-0.4, -0.2) is 23.9 Å². The molecular weight excluding hydrogens is 517 g/mol. The van der Waals surface area contributed by atoms with Gasteiger partial charge in [0.05, 0.1) is 29.5 Å². The highest BCUT2D eigenvalue weighted by Gasteiger charge is 2.48. The molecule has 0 aliphatic carbocycles. The standard InChI is InChI=1S/C28H19Cl2NO6/c1-35-27-20(14-16(29)15-21(27)30)25(32)23-24(22-8-5-13-36-22)31(28(34)26(23)33)17-9-11-19(12-10-17)37-18-6-3-2-4-7-18/h2-15,24,32H,1H3/b25-23-. The van der Waals surface area contributed by atoms with Crippen molar-refractivity contribution >= 4 is 46.3 Å². The summed E-state index contributed by atoms with van der Waals surface area (Å²) in [4.78, 5) is 27.9. The molecule has 0 radical (unpaired) electrons. The van der Waals surface area contributed by atoms with Crippen molar-refractivity contribution in [3.8, 4) is 17.2 Å². The minimum absolute atomic E-state index is 0.0705. The lowest BCUT2D eigenvalue weighted by Gasteiger charge is -2.23. The van der Waals surface area contributed by atoms with Gasteiger partial charge in [-0.3, -0.25) is 14.5 Å². The van der Waals surface area contributed by atoms with E-state index in [9.17, 15) is 14.7 Å². The number of benzene rings is 3. The number of amides is 1. The summed E-state index contributed by atoms with van der Waals surface area (Å²) in [5.41, 5.74) is 0.279. The first-order chi connectivity index (χ1) is 17.9. The summed E-state index contributed by atoms with van der Waals surface area (Å²) >= 11 is 12.4. The number of carbonyl (C=O) groups excluding carboxylic acids is 2. The Kier molecular flexibility index (Phi) is 6.65. The quantitative estimate of drug-likeness (QED) is 0.162. The number of para-hydroxylation sites is 1. The van der Waals surface area contributed by atoms with Gasteiger partial charge in [-0.2, -0.15) is 0 Å². The van der Waals surface area contributed by atoms with E-state index in [1.54, 1.807) is 36.4 Å². The molecule has 1 atom stereocenters. The molecule has 7 nitrogen and oxygen atoms in total. The molecule has 5 rings (SSSR count). The van der Waals surface area contributed by atoms with Crippen molar-refractivity contribution in [3.63, 3.8) is 0 Å². The number of furan rings is 1. The Morgan fingerprint density at radius 3 is 2.30 bits per heavy atom. The zero-order valence-electron chi connectivity index (χ0n) is 19.4. The lowest BCUT2D eigenvalue weighted by Crippen LogP contribution is -2.29. The van der Waals surface area contributed by atoms with Crippen LogP contribution in [0, 0.1) is 0 Å². The van der Waals surface area contributed by atoms with Crippen molar-refractivity contribution in [1.82, 2.24) is 0 Å². The largest absolute Gasteiger partial charge is 0.507 e. The SMILES string of the molecule is COc1c(Cl)cc(Cl)cc1/C(O)=C1/C(=O)C(=O)N(c2ccc(Oc3ccccc3)cc2)C1c1ccco1. The Hall–Kier alpha value is -4.20. The molecular formula is C28H19Cl2NO6. The Labute approximate surface area is 222 Å². The van der Waals surface area contributed by atoms with Gasteiger partial charge in [-0.15, -0.1) is 0 Å². The molecule has 1 aromatic heterocycles. The number of ether oxygens (including phenoxy) is 2. The second-order valence-electron chi connectivity index (χ2n) is 8.06. The fourth-order valence-electron chi connectivity index (χ4n) is 4.20. The van der Waals surface area contributed by atoms with E-state index in [1.165, 1.54) is 30.4 Å². The first-order valence-electron chi connectivity index (χ1n) is 11.1. The van der Waals surface area contributed by atoms with E-state index < -0.39 is 23.5 Å². The van der Waals surface area contributed by atoms with Gasteiger partial charge in [0.15, 0.2) is 0 Å². The average molecular weight is 536 g/mol. The van der Waals surface area contributed by atoms with Crippen LogP contribution in [0.3, 0.4) is 0 Å². The summed E-state index contributed by atoms with van der Waals surface area (Å²) in [6, 6.07) is 20.9. The van der Waals surface area contributed by atoms with Crippen molar-refractivity contribution in [3.05, 3.63) is 112 Å². The molecule has 1 unspecified atom stereocenters. The number of aliphatic hydroxyl groups excluding tert-OH is 1. The van der Waals surface area contributed by atoms with Crippen LogP contribution in [0.1, 0.15) is 17.4 Å². The van der Waals surface area contributed by atoms with E-state index in [0.717, 1.165) is 0 Å². The van der Waals surface area contributed by atoms with Gasteiger partial charge < -0.3 is 19.0 Å². The fourth-order valence-corrected chi connectivity index (χ4v) is 4.77. The Morgan fingerprint density at radius 2 is 1.65 bits per heavy atom. The van der Waals surface area contributed by atoms with Crippen LogP contribution in [0.25, 0.3) is 5.76 Å². The molecule has 4 aromatic rings. The second-order valence-corrected chi connectivity index (χ2v) is 8.91. The summed E-state index contributed by atoms with van der Waals surface area (Å²) in [5, 5.41) is 11.7. The van der Waals surface area contributed by atoms with E-state index >= 15 is 0 Å². The van der Waals surface area contributed by atoms with Crippen LogP contribution in [-0.2, 0) is 9.59 Å². The number of aliphatic hydroxyl groups is 1. The van der Waals surface area contributed by atoms with Gasteiger partial charge >= 0.3 is 0 Å². The molecule has 1 fully saturated rings. The highest BCUT2D eigenvalue weighted by molar-refractivity contribution is 6.51. The molecule has 0 spiro atoms. The van der Waals surface area contributed by atoms with Crippen molar-refractivity contribution in [1.29, 1.82) is 0 Å². The molecule has 1 aliphatic heterocycles. The number of nitrogens with zero attached hydrogens (tertiary/aromatic N) is 1. The molecule has 3 aromatic carbocycles. The van der Waals surface area contributed by atoms with Crippen LogP contribution >= 0.6 is 23.2 Å². The van der Waals surface area contributed by atoms with Crippen molar-refractivity contribution in [2.45, 2.75) is 6.04 Å². The number of hydrogen-bond acceptors (Lipinski definition) is 6. The van der Waals surface area contributed by atoms with Gasteiger partial charge in [-0.05, 0) is 60.7 Å². The van der Waals surface area contributed by atoms with Crippen LogP contribution in [0.5, 0.6) is 17.2 Å². The number of hydrogen-bond donors (Lipinski definition) is 1. The highest BCUT2D eigenvalue weighted by atomic mass is 35.5. The zero-order chi connectivity index (χ0) is 26.1. The molecule has 1 N–H and O–H groups in total. The van der Waals surface area contributed by atoms with Gasteiger partial charge in [-0.25, -0.2) is 0 Å². The Bertz CT molecular complexity index is 1500. The summed E-state index contributed by atoms with van der Waals surface area (Å²) in [5.74, 6) is -0.659. The maximum Gasteiger partial charge on any atom is 0.300 e. The van der Waals surface area contributed by atoms with E-state index in [-0.39, 0.29) is 32.7 Å². The van der Waals surface area contributed by atoms with Crippen LogP contribution in [0.15, 0.2) is 95.1 Å². The lowest BCUT2D eigenvalue weighted by atomic mass is 9.98. The summed E-state index contributed by atoms with van der Waals surface area (Å²) in [6.07, 6.45) is 1.42. The third-order valence-electron chi connectivity index (χ3n) is 5.82. The number of ketones is 1. The van der Waals surface area contributed by atoms with Gasteiger partial charge in [0.25, 0.3) is 11.7 Å². The molecule has 1 aliphatic rings. The maximum absolute atomic E-state index is 13.3. The van der Waals surface area contributed by atoms with Crippen molar-refractivity contribution < 1.29 is 28.6 Å². The minimum atomic E-state index is -1.06. The van der Waals surface area contributed by atoms with Gasteiger partial charge in [-0.1, -0.05) is 41.4 Å². The molecule has 1 saturated heterocycles. The number of Topliss-reactive ketones (excluding diaryl/α,β-unsaturated/α-hetero) is 1. The third kappa shape index (κ3) is 4.55. The molecule has 9 heteroatoms. The van der Waals surface area contributed by atoms with Gasteiger partial charge in [0.2, 0.25) is 0 Å². The van der Waals surface area contributed by atoms with Crippen molar-refractivity contribution in [2.75, 3.05) is 12.0 Å². The van der Waals surface area contributed by atoms with Crippen LogP contribution < -0.4 is 14.4 Å². The normalized spacial score (nSPS) is 16.7. The molecule has 1 amide bonds. The summed E-state index contributed by atoms with van der Waals surface area (Å²) in [7, 11) is 1.37. The van der Waals surface area contributed by atoms with Crippen molar-refractivity contribution in [2.24, 2.45) is 0 Å². The minimum Gasteiger partial charge on any atom is -0.507 e. The van der Waals surface area contributed by atoms with Gasteiger partial charge in [0, 0.05) is 10.7 Å². The van der Waals surface area contributed by atoms with E-state index in [0.29, 0.717) is 17.2 Å². The molecule has 0 bridgehead atoms. The fraction of sp³-hybridized carbons (Fsp3) is 0.0714. The van der Waals surface area contributed by atoms with E-state index in [2.05, 4.69) is 0 Å². The first-order valence-corrected chi connectivity index (χ1v) is 11.9. The van der Waals surface area contributed by atoms with Crippen LogP contribution in [0.2, 0.25) is 10.0 Å². The Balaban J connectivity index is 1.60. The van der Waals surface area contributed by atoms with E-state index in [4.69, 9.17) is 37.1 Å². The summed E-state index contributed by atoms with van der Waals surface area (Å²) < 4.78 is 16.8. The predicted molar refractivity (Wildman–Crippen MR) is 139 cm³/mol. The maximum atomic E-state index is 13.3. The topological polar surface area (TPSA) is 89.2 Å². The number of rotatable bonds is 6. The highest BCUT2D eigenvalue weighted by Crippen LogP contribution is 2.45.